The normalized spacial score (nSPS) is 18.3. The predicted octanol–water partition coefficient (Wildman–Crippen LogP) is 6.14. The zero-order valence-corrected chi connectivity index (χ0v) is 37.2. The highest BCUT2D eigenvalue weighted by atomic mass is 19.3. The van der Waals surface area contributed by atoms with Crippen LogP contribution in [0, 0.1) is 40.9 Å². The lowest BCUT2D eigenvalue weighted by molar-refractivity contribution is -0.142. The van der Waals surface area contributed by atoms with Crippen molar-refractivity contribution in [3.63, 3.8) is 0 Å². The SMILES string of the molecule is C[C@@H]1CC(=O)[C@@H](N(C)C(=O)[C@H](CCN)CC(=O)c2ccc(C#CC3CCCCC3)cc2C(F)F)c2ccc(OCCN)c(c2)-c2cc(ccc2OCCN)C[C@@H](C(=O)CCC#N)NC1=O. The van der Waals surface area contributed by atoms with Crippen LogP contribution < -0.4 is 32.0 Å². The summed E-state index contributed by atoms with van der Waals surface area (Å²) in [5.74, 6) is 2.26. The molecule has 1 heterocycles. The first-order chi connectivity index (χ1) is 31.3. The molecule has 0 radical (unpaired) electrons. The molecule has 3 aromatic rings. The first-order valence-corrected chi connectivity index (χ1v) is 22.4. The molecule has 1 aliphatic carbocycles. The minimum atomic E-state index is -2.99. The van der Waals surface area contributed by atoms with Crippen molar-refractivity contribution in [1.82, 2.24) is 10.2 Å². The van der Waals surface area contributed by atoms with Crippen LogP contribution >= 0.6 is 0 Å². The largest absolute Gasteiger partial charge is 0.492 e. The highest BCUT2D eigenvalue weighted by molar-refractivity contribution is 6.01. The molecular weight excluding hydrogens is 835 g/mol. The molecule has 0 spiro atoms. The number of benzene rings is 3. The number of hydrogen-bond acceptors (Lipinski definition) is 11. The number of rotatable bonds is 17. The Hall–Kier alpha value is -6.00. The van der Waals surface area contributed by atoms with E-state index >= 15 is 0 Å². The summed E-state index contributed by atoms with van der Waals surface area (Å²) in [6.07, 6.45) is 1.29. The molecule has 65 heavy (non-hydrogen) atoms. The number of carbonyl (C=O) groups excluding carboxylic acids is 5. The maximum absolute atomic E-state index is 14.7. The third kappa shape index (κ3) is 13.3. The third-order valence-corrected chi connectivity index (χ3v) is 11.9. The quantitative estimate of drug-likeness (QED) is 0.0890. The van der Waals surface area contributed by atoms with Gasteiger partial charge in [0.2, 0.25) is 11.8 Å². The molecule has 1 aliphatic heterocycles. The van der Waals surface area contributed by atoms with E-state index in [-0.39, 0.29) is 82.2 Å². The van der Waals surface area contributed by atoms with Crippen LogP contribution in [0.15, 0.2) is 54.6 Å². The van der Waals surface area contributed by atoms with E-state index in [9.17, 15) is 38.0 Å². The van der Waals surface area contributed by atoms with Crippen molar-refractivity contribution < 1.29 is 42.2 Å². The van der Waals surface area contributed by atoms with Crippen molar-refractivity contribution in [1.29, 1.82) is 5.26 Å². The maximum Gasteiger partial charge on any atom is 0.264 e. The van der Waals surface area contributed by atoms with Crippen LogP contribution in [0.1, 0.15) is 116 Å². The number of hydrogen-bond donors (Lipinski definition) is 4. The summed E-state index contributed by atoms with van der Waals surface area (Å²) >= 11 is 0. The number of Topliss-reactive ketones (excluding diaryl/α,β-unsaturated/α-hetero) is 3. The van der Waals surface area contributed by atoms with Gasteiger partial charge in [-0.2, -0.15) is 5.26 Å². The minimum Gasteiger partial charge on any atom is -0.492 e. The van der Waals surface area contributed by atoms with Crippen LogP contribution in [0.3, 0.4) is 0 Å². The number of nitrogens with two attached hydrogens (primary N) is 3. The number of carbonyl (C=O) groups is 5. The fourth-order valence-corrected chi connectivity index (χ4v) is 8.48. The number of nitrogens with one attached hydrogen (secondary N) is 1. The average Bonchev–Trinajstić information content (AvgIpc) is 3.30. The smallest absolute Gasteiger partial charge is 0.264 e. The Balaban J connectivity index is 1.57. The highest BCUT2D eigenvalue weighted by Crippen LogP contribution is 2.41. The molecule has 346 valence electrons. The van der Waals surface area contributed by atoms with Gasteiger partial charge >= 0.3 is 0 Å². The average molecular weight is 895 g/mol. The van der Waals surface area contributed by atoms with E-state index in [0.717, 1.165) is 32.1 Å². The molecular formula is C50H60F2N6O7. The van der Waals surface area contributed by atoms with Crippen molar-refractivity contribution in [3.05, 3.63) is 82.4 Å². The molecule has 2 amide bonds. The molecule has 2 aliphatic rings. The Kier molecular flexibility index (Phi) is 18.7. The maximum atomic E-state index is 14.7. The van der Waals surface area contributed by atoms with E-state index in [1.807, 2.05) is 6.07 Å². The molecule has 1 saturated carbocycles. The summed E-state index contributed by atoms with van der Waals surface area (Å²) in [6, 6.07) is 13.9. The van der Waals surface area contributed by atoms with Gasteiger partial charge in [0.05, 0.1) is 12.1 Å². The molecule has 0 aromatic heterocycles. The molecule has 3 aromatic carbocycles. The molecule has 0 unspecified atom stereocenters. The van der Waals surface area contributed by atoms with Gasteiger partial charge in [-0.15, -0.1) is 0 Å². The summed E-state index contributed by atoms with van der Waals surface area (Å²) in [4.78, 5) is 71.7. The lowest BCUT2D eigenvalue weighted by Crippen LogP contribution is -2.46. The van der Waals surface area contributed by atoms with E-state index in [0.29, 0.717) is 39.3 Å². The second-order valence-corrected chi connectivity index (χ2v) is 16.8. The first kappa shape index (κ1) is 50.0. The van der Waals surface area contributed by atoms with Crippen LogP contribution in [0.25, 0.3) is 11.1 Å². The lowest BCUT2D eigenvalue weighted by Gasteiger charge is -2.32. The summed E-state index contributed by atoms with van der Waals surface area (Å²) in [5, 5.41) is 12.0. The summed E-state index contributed by atoms with van der Waals surface area (Å²) < 4.78 is 41.3. The molecule has 1 fully saturated rings. The zero-order valence-electron chi connectivity index (χ0n) is 37.2. The van der Waals surface area contributed by atoms with Gasteiger partial charge in [-0.25, -0.2) is 8.78 Å². The van der Waals surface area contributed by atoms with E-state index < -0.39 is 65.7 Å². The summed E-state index contributed by atoms with van der Waals surface area (Å²) in [6.45, 7) is 2.15. The standard InChI is InChI=1S/C50H60F2N6O7/c1-31-25-44(61)47(58(2)50(63)36(18-20-54)30-43(60)37-15-12-33(26-40(37)48(51)52)11-10-32-7-4-3-5-8-32)35-14-17-46(65-24-22-56)39(29-35)38-27-34(13-16-45(38)64-23-21-55)28-41(57-49(31)62)42(59)9-6-19-53/h12-17,26-27,29,31-32,36,41,47-48H,3-9,18,20-25,28,30,54-56H2,1-2H3,(H,57,62)/t31-,36-,41+,47+/m1/s1. The van der Waals surface area contributed by atoms with Crippen molar-refractivity contribution >= 4 is 29.2 Å². The van der Waals surface area contributed by atoms with Gasteiger partial charge in [-0.1, -0.05) is 50.2 Å². The van der Waals surface area contributed by atoms with Crippen molar-refractivity contribution in [2.24, 2.45) is 35.0 Å². The van der Waals surface area contributed by atoms with Crippen molar-refractivity contribution in [2.75, 3.05) is 39.9 Å². The van der Waals surface area contributed by atoms with Crippen LogP contribution in [0.4, 0.5) is 8.78 Å². The molecule has 5 rings (SSSR count). The van der Waals surface area contributed by atoms with E-state index in [2.05, 4.69) is 17.2 Å². The number of ketones is 3. The fourth-order valence-electron chi connectivity index (χ4n) is 8.48. The molecule has 13 nitrogen and oxygen atoms in total. The number of likely N-dealkylation sites (N-methyl/N-ethyl adjacent to an activating group) is 1. The molecule has 0 saturated heterocycles. The summed E-state index contributed by atoms with van der Waals surface area (Å²) in [5.41, 5.74) is 19.2. The van der Waals surface area contributed by atoms with Crippen LogP contribution in [-0.4, -0.2) is 80.0 Å². The number of amides is 2. The number of nitrogens with zero attached hydrogens (tertiary/aromatic N) is 2. The second-order valence-electron chi connectivity index (χ2n) is 16.8. The van der Waals surface area contributed by atoms with Crippen molar-refractivity contribution in [2.45, 2.75) is 96.1 Å². The van der Waals surface area contributed by atoms with Gasteiger partial charge in [-0.3, -0.25) is 24.0 Å². The minimum absolute atomic E-state index is 0.00341. The number of alkyl halides is 2. The first-order valence-electron chi connectivity index (χ1n) is 22.4. The molecule has 4 atom stereocenters. The topological polar surface area (TPSA) is 221 Å². The number of nitriles is 1. The van der Waals surface area contributed by atoms with E-state index in [1.54, 1.807) is 36.4 Å². The fraction of sp³-hybridized carbons (Fsp3) is 0.480. The van der Waals surface area contributed by atoms with E-state index in [1.165, 1.54) is 37.1 Å². The molecule has 7 N–H and O–H groups in total. The molecule has 4 bridgehead atoms. The predicted molar refractivity (Wildman–Crippen MR) is 242 cm³/mol. The van der Waals surface area contributed by atoms with Gasteiger partial charge in [-0.05, 0) is 85.8 Å². The number of ether oxygens (including phenoxy) is 2. The number of fused-ring (bicyclic) bond motifs is 5. The Labute approximate surface area is 379 Å². The van der Waals surface area contributed by atoms with Crippen LogP contribution in [0.5, 0.6) is 11.5 Å². The van der Waals surface area contributed by atoms with Gasteiger partial charge in [0.15, 0.2) is 17.3 Å². The van der Waals surface area contributed by atoms with Gasteiger partial charge < -0.3 is 36.9 Å². The second kappa shape index (κ2) is 24.3. The monoisotopic (exact) mass is 894 g/mol. The van der Waals surface area contributed by atoms with Crippen LogP contribution in [0.2, 0.25) is 0 Å². The van der Waals surface area contributed by atoms with Gasteiger partial charge in [0.1, 0.15) is 30.8 Å². The van der Waals surface area contributed by atoms with Gasteiger partial charge in [0, 0.05) is 91.4 Å². The number of halogens is 2. The Bertz CT molecular complexity index is 2300. The summed E-state index contributed by atoms with van der Waals surface area (Å²) in [7, 11) is 1.41. The third-order valence-electron chi connectivity index (χ3n) is 11.9. The zero-order chi connectivity index (χ0) is 47.0. The lowest BCUT2D eigenvalue weighted by atomic mass is 9.87. The Morgan fingerprint density at radius 1 is 0.892 bits per heavy atom. The molecule has 15 heteroatoms. The van der Waals surface area contributed by atoms with E-state index in [4.69, 9.17) is 26.7 Å². The van der Waals surface area contributed by atoms with Crippen LogP contribution in [-0.2, 0) is 25.6 Å². The van der Waals surface area contributed by atoms with Crippen molar-refractivity contribution in [3.8, 4) is 40.5 Å². The highest BCUT2D eigenvalue weighted by Gasteiger charge is 2.36. The Morgan fingerprint density at radius 3 is 2.22 bits per heavy atom. The Morgan fingerprint density at radius 2 is 1.57 bits per heavy atom. The van der Waals surface area contributed by atoms with Gasteiger partial charge in [0.25, 0.3) is 6.43 Å².